The van der Waals surface area contributed by atoms with Crippen LogP contribution in [0.15, 0.2) is 18.2 Å². The number of carbonyl (C=O) groups excluding carboxylic acids is 1. The predicted molar refractivity (Wildman–Crippen MR) is 77.7 cm³/mol. The average molecular weight is 301 g/mol. The van der Waals surface area contributed by atoms with E-state index in [9.17, 15) is 9.18 Å². The molecular formula is C13H14ClFN2OS. The number of thiocarbonyl (C=S) groups is 1. The van der Waals surface area contributed by atoms with Gasteiger partial charge in [-0.25, -0.2) is 4.39 Å². The van der Waals surface area contributed by atoms with E-state index in [2.05, 4.69) is 5.32 Å². The van der Waals surface area contributed by atoms with Crippen molar-refractivity contribution < 1.29 is 9.18 Å². The summed E-state index contributed by atoms with van der Waals surface area (Å²) in [5.41, 5.74) is 4.86. The van der Waals surface area contributed by atoms with Crippen LogP contribution in [0, 0.1) is 17.2 Å². The highest BCUT2D eigenvalue weighted by molar-refractivity contribution is 7.80. The van der Waals surface area contributed by atoms with E-state index in [1.807, 2.05) is 6.92 Å². The first kappa shape index (κ1) is 14.2. The van der Waals surface area contributed by atoms with E-state index in [4.69, 9.17) is 29.6 Å². The highest BCUT2D eigenvalue weighted by atomic mass is 35.5. The lowest BCUT2D eigenvalue weighted by Gasteiger charge is -2.44. The van der Waals surface area contributed by atoms with Crippen LogP contribution in [0.3, 0.4) is 0 Å². The van der Waals surface area contributed by atoms with Crippen molar-refractivity contribution >= 4 is 40.4 Å². The van der Waals surface area contributed by atoms with Gasteiger partial charge < -0.3 is 11.1 Å². The van der Waals surface area contributed by atoms with E-state index >= 15 is 0 Å². The summed E-state index contributed by atoms with van der Waals surface area (Å²) in [6.07, 6.45) is 1.19. The Labute approximate surface area is 121 Å². The lowest BCUT2D eigenvalue weighted by molar-refractivity contribution is -0.127. The van der Waals surface area contributed by atoms with Crippen molar-refractivity contribution in [1.29, 1.82) is 0 Å². The fourth-order valence-electron chi connectivity index (χ4n) is 2.46. The Hall–Kier alpha value is -1.20. The van der Waals surface area contributed by atoms with Gasteiger partial charge in [-0.3, -0.25) is 4.79 Å². The third-order valence-corrected chi connectivity index (χ3v) is 4.10. The molecule has 0 aliphatic heterocycles. The first-order valence-corrected chi connectivity index (χ1v) is 6.70. The van der Waals surface area contributed by atoms with Gasteiger partial charge in [0, 0.05) is 5.02 Å². The minimum absolute atomic E-state index is 0.0488. The number of anilines is 1. The van der Waals surface area contributed by atoms with E-state index in [0.717, 1.165) is 0 Å². The fraction of sp³-hybridized carbons (Fsp3) is 0.385. The topological polar surface area (TPSA) is 55.1 Å². The molecule has 1 aliphatic rings. The van der Waals surface area contributed by atoms with Crippen molar-refractivity contribution in [3.8, 4) is 0 Å². The number of halogens is 2. The SMILES string of the molecule is CC1CC(C(=O)Nc2cc(Cl)ccc2F)(C(N)=S)C1. The zero-order valence-electron chi connectivity index (χ0n) is 10.4. The van der Waals surface area contributed by atoms with Crippen LogP contribution in [0.1, 0.15) is 19.8 Å². The maximum absolute atomic E-state index is 13.6. The van der Waals surface area contributed by atoms with Crippen LogP contribution in [0.4, 0.5) is 10.1 Å². The van der Waals surface area contributed by atoms with Crippen LogP contribution in [0.5, 0.6) is 0 Å². The lowest BCUT2D eigenvalue weighted by Crippen LogP contribution is -2.53. The molecule has 0 bridgehead atoms. The second-order valence-electron chi connectivity index (χ2n) is 5.04. The number of benzene rings is 1. The maximum atomic E-state index is 13.6. The van der Waals surface area contributed by atoms with Crippen molar-refractivity contribution in [2.75, 3.05) is 5.32 Å². The lowest BCUT2D eigenvalue weighted by atomic mass is 9.62. The maximum Gasteiger partial charge on any atom is 0.237 e. The molecule has 1 aliphatic carbocycles. The summed E-state index contributed by atoms with van der Waals surface area (Å²) in [5, 5.41) is 2.88. The Morgan fingerprint density at radius 1 is 1.58 bits per heavy atom. The van der Waals surface area contributed by atoms with Gasteiger partial charge >= 0.3 is 0 Å². The molecule has 0 radical (unpaired) electrons. The summed E-state index contributed by atoms with van der Waals surface area (Å²) in [5.74, 6) is -0.515. The molecule has 0 aromatic heterocycles. The Balaban J connectivity index is 2.21. The molecule has 1 amide bonds. The highest BCUT2D eigenvalue weighted by Crippen LogP contribution is 2.46. The monoisotopic (exact) mass is 300 g/mol. The van der Waals surface area contributed by atoms with Gasteiger partial charge in [0.25, 0.3) is 0 Å². The standard InChI is InChI=1S/C13H14ClFN2OS/c1-7-5-13(6-7,11(16)19)12(18)17-10-4-8(14)2-3-9(10)15/h2-4,7H,5-6H2,1H3,(H2,16,19)(H,17,18). The van der Waals surface area contributed by atoms with Crippen molar-refractivity contribution in [3.05, 3.63) is 29.0 Å². The zero-order valence-corrected chi connectivity index (χ0v) is 11.9. The van der Waals surface area contributed by atoms with Crippen LogP contribution in [-0.2, 0) is 4.79 Å². The van der Waals surface area contributed by atoms with Crippen molar-refractivity contribution in [1.82, 2.24) is 0 Å². The summed E-state index contributed by atoms with van der Waals surface area (Å²) in [4.78, 5) is 12.4. The highest BCUT2D eigenvalue weighted by Gasteiger charge is 2.50. The molecule has 0 spiro atoms. The summed E-state index contributed by atoms with van der Waals surface area (Å²) in [6.45, 7) is 2.02. The van der Waals surface area contributed by atoms with Crippen LogP contribution >= 0.6 is 23.8 Å². The first-order chi connectivity index (χ1) is 8.85. The fourth-order valence-corrected chi connectivity index (χ4v) is 2.90. The molecule has 1 aromatic rings. The Morgan fingerprint density at radius 3 is 2.74 bits per heavy atom. The summed E-state index contributed by atoms with van der Waals surface area (Å²) in [6, 6.07) is 3.99. The Morgan fingerprint density at radius 2 is 2.21 bits per heavy atom. The van der Waals surface area contributed by atoms with Gasteiger partial charge in [0.15, 0.2) is 0 Å². The predicted octanol–water partition coefficient (Wildman–Crippen LogP) is 3.12. The number of amides is 1. The molecule has 6 heteroatoms. The normalized spacial score (nSPS) is 25.5. The van der Waals surface area contributed by atoms with Crippen LogP contribution in [0.25, 0.3) is 0 Å². The third-order valence-electron chi connectivity index (χ3n) is 3.48. The van der Waals surface area contributed by atoms with Gasteiger partial charge in [-0.15, -0.1) is 0 Å². The van der Waals surface area contributed by atoms with Gasteiger partial charge in [-0.05, 0) is 37.0 Å². The number of nitrogens with two attached hydrogens (primary N) is 1. The van der Waals surface area contributed by atoms with E-state index in [1.165, 1.54) is 18.2 Å². The van der Waals surface area contributed by atoms with Gasteiger partial charge in [0.2, 0.25) is 5.91 Å². The van der Waals surface area contributed by atoms with Crippen molar-refractivity contribution in [2.45, 2.75) is 19.8 Å². The number of carbonyl (C=O) groups is 1. The molecule has 19 heavy (non-hydrogen) atoms. The van der Waals surface area contributed by atoms with Gasteiger partial charge in [0.1, 0.15) is 5.82 Å². The molecule has 0 saturated heterocycles. The van der Waals surface area contributed by atoms with Crippen LogP contribution in [-0.4, -0.2) is 10.9 Å². The van der Waals surface area contributed by atoms with E-state index in [1.54, 1.807) is 0 Å². The molecule has 1 saturated carbocycles. The summed E-state index contributed by atoms with van der Waals surface area (Å²) < 4.78 is 13.6. The average Bonchev–Trinajstić information content (AvgIpc) is 2.28. The molecule has 0 atom stereocenters. The molecule has 2 rings (SSSR count). The second-order valence-corrected chi connectivity index (χ2v) is 5.91. The van der Waals surface area contributed by atoms with Crippen LogP contribution in [0.2, 0.25) is 5.02 Å². The number of hydrogen-bond acceptors (Lipinski definition) is 2. The first-order valence-electron chi connectivity index (χ1n) is 5.91. The Bertz CT molecular complexity index is 543. The van der Waals surface area contributed by atoms with Crippen molar-refractivity contribution in [2.24, 2.45) is 17.1 Å². The molecule has 3 nitrogen and oxygen atoms in total. The largest absolute Gasteiger partial charge is 0.392 e. The minimum Gasteiger partial charge on any atom is -0.392 e. The van der Waals surface area contributed by atoms with E-state index < -0.39 is 11.2 Å². The van der Waals surface area contributed by atoms with E-state index in [-0.39, 0.29) is 16.6 Å². The van der Waals surface area contributed by atoms with Crippen LogP contribution < -0.4 is 11.1 Å². The molecule has 1 fully saturated rings. The number of rotatable bonds is 3. The summed E-state index contributed by atoms with van der Waals surface area (Å²) in [7, 11) is 0. The van der Waals surface area contributed by atoms with Gasteiger partial charge in [-0.1, -0.05) is 30.7 Å². The zero-order chi connectivity index (χ0) is 14.2. The number of hydrogen-bond donors (Lipinski definition) is 2. The minimum atomic E-state index is -0.858. The third kappa shape index (κ3) is 2.58. The molecule has 0 heterocycles. The Kier molecular flexibility index (Phi) is 3.78. The smallest absolute Gasteiger partial charge is 0.237 e. The van der Waals surface area contributed by atoms with Crippen molar-refractivity contribution in [3.63, 3.8) is 0 Å². The summed E-state index contributed by atoms with van der Waals surface area (Å²) >= 11 is 10.8. The molecule has 102 valence electrons. The number of nitrogens with one attached hydrogen (secondary N) is 1. The molecule has 3 N–H and O–H groups in total. The molecular weight excluding hydrogens is 287 g/mol. The second kappa shape index (κ2) is 5.06. The molecule has 0 unspecified atom stereocenters. The van der Waals surface area contributed by atoms with Gasteiger partial charge in [-0.2, -0.15) is 0 Å². The molecule has 1 aromatic carbocycles. The van der Waals surface area contributed by atoms with E-state index in [0.29, 0.717) is 23.8 Å². The quantitative estimate of drug-likeness (QED) is 0.843. The van der Waals surface area contributed by atoms with Gasteiger partial charge in [0.05, 0.1) is 16.1 Å².